The highest BCUT2D eigenvalue weighted by molar-refractivity contribution is 5.81. The van der Waals surface area contributed by atoms with Gasteiger partial charge in [-0.1, -0.05) is 12.1 Å². The predicted octanol–water partition coefficient (Wildman–Crippen LogP) is 3.98. The minimum Gasteiger partial charge on any atom is -0.464 e. The second-order valence-corrected chi connectivity index (χ2v) is 6.06. The van der Waals surface area contributed by atoms with Crippen molar-refractivity contribution < 1.29 is 13.2 Å². The molecule has 6 heteroatoms. The van der Waals surface area contributed by atoms with Crippen LogP contribution in [-0.4, -0.2) is 10.2 Å². The highest BCUT2D eigenvalue weighted by atomic mass is 19.1. The zero-order chi connectivity index (χ0) is 18.1. The molecule has 0 atom stereocenters. The topological polar surface area (TPSA) is 58.9 Å². The molecular formula is C20H14F2N2O2. The van der Waals surface area contributed by atoms with Crippen LogP contribution in [0.25, 0.3) is 11.0 Å². The molecular weight excluding hydrogens is 338 g/mol. The van der Waals surface area contributed by atoms with Crippen LogP contribution in [0.5, 0.6) is 0 Å². The Morgan fingerprint density at radius 1 is 1.00 bits per heavy atom. The van der Waals surface area contributed by atoms with Gasteiger partial charge in [0.1, 0.15) is 17.2 Å². The summed E-state index contributed by atoms with van der Waals surface area (Å²) in [6.45, 7) is 0. The van der Waals surface area contributed by atoms with Gasteiger partial charge in [-0.25, -0.2) is 13.9 Å². The first kappa shape index (κ1) is 16.2. The third-order valence-corrected chi connectivity index (χ3v) is 4.24. The summed E-state index contributed by atoms with van der Waals surface area (Å²) in [7, 11) is 0. The molecule has 0 fully saturated rings. The van der Waals surface area contributed by atoms with Crippen molar-refractivity contribution in [2.24, 2.45) is 0 Å². The van der Waals surface area contributed by atoms with E-state index in [0.29, 0.717) is 23.3 Å². The summed E-state index contributed by atoms with van der Waals surface area (Å²) in [6, 6.07) is 12.5. The van der Waals surface area contributed by atoms with E-state index < -0.39 is 11.6 Å². The number of benzene rings is 2. The molecule has 1 N–H and O–H groups in total. The van der Waals surface area contributed by atoms with Gasteiger partial charge in [0, 0.05) is 35.4 Å². The molecule has 4 nitrogen and oxygen atoms in total. The average Bonchev–Trinajstić information content (AvgIpc) is 3.09. The first-order valence-electron chi connectivity index (χ1n) is 8.06. The number of fused-ring (bicyclic) bond motifs is 1. The van der Waals surface area contributed by atoms with E-state index in [1.807, 2.05) is 12.1 Å². The molecule has 0 aliphatic heterocycles. The Balaban J connectivity index is 1.75. The monoisotopic (exact) mass is 352 g/mol. The molecule has 0 aliphatic carbocycles. The van der Waals surface area contributed by atoms with Crippen molar-refractivity contribution in [1.82, 2.24) is 10.2 Å². The van der Waals surface area contributed by atoms with E-state index in [0.717, 1.165) is 10.9 Å². The fourth-order valence-electron chi connectivity index (χ4n) is 3.03. The lowest BCUT2D eigenvalue weighted by molar-refractivity contribution is 0.560. The number of aromatic nitrogens is 2. The van der Waals surface area contributed by atoms with Crippen molar-refractivity contribution in [3.63, 3.8) is 0 Å². The molecule has 2 aromatic carbocycles. The van der Waals surface area contributed by atoms with E-state index in [1.54, 1.807) is 18.4 Å². The third kappa shape index (κ3) is 3.13. The fourth-order valence-corrected chi connectivity index (χ4v) is 3.03. The minimum atomic E-state index is -0.586. The van der Waals surface area contributed by atoms with Crippen molar-refractivity contribution in [2.45, 2.75) is 12.8 Å². The van der Waals surface area contributed by atoms with Gasteiger partial charge in [-0.05, 0) is 35.9 Å². The standard InChI is InChI=1S/C20H14F2N2O2/c21-17-2-1-3-18(22)16(17)11-14-9-12(8-13-6-7-26-20(13)14)10-15-4-5-19(25)24-23-15/h1-9H,10-11H2,(H,24,25). The first-order valence-corrected chi connectivity index (χ1v) is 8.06. The van der Waals surface area contributed by atoms with Gasteiger partial charge in [0.15, 0.2) is 0 Å². The molecule has 0 amide bonds. The van der Waals surface area contributed by atoms with Crippen LogP contribution in [0.4, 0.5) is 8.78 Å². The van der Waals surface area contributed by atoms with Crippen LogP contribution < -0.4 is 5.56 Å². The van der Waals surface area contributed by atoms with Gasteiger partial charge in [-0.2, -0.15) is 5.10 Å². The summed E-state index contributed by atoms with van der Waals surface area (Å²) in [4.78, 5) is 11.1. The van der Waals surface area contributed by atoms with Gasteiger partial charge in [0.2, 0.25) is 0 Å². The zero-order valence-electron chi connectivity index (χ0n) is 13.6. The Kier molecular flexibility index (Phi) is 4.08. The summed E-state index contributed by atoms with van der Waals surface area (Å²) in [5.41, 5.74) is 2.63. The van der Waals surface area contributed by atoms with Gasteiger partial charge < -0.3 is 4.42 Å². The lowest BCUT2D eigenvalue weighted by Crippen LogP contribution is -2.08. The molecule has 2 heterocycles. The van der Waals surface area contributed by atoms with E-state index in [1.165, 1.54) is 24.3 Å². The molecule has 0 unspecified atom stereocenters. The van der Waals surface area contributed by atoms with E-state index in [4.69, 9.17) is 4.42 Å². The maximum atomic E-state index is 14.0. The summed E-state index contributed by atoms with van der Waals surface area (Å²) in [5.74, 6) is -1.17. The number of nitrogens with one attached hydrogen (secondary N) is 1. The van der Waals surface area contributed by atoms with Crippen LogP contribution >= 0.6 is 0 Å². The van der Waals surface area contributed by atoms with Crippen molar-refractivity contribution in [2.75, 3.05) is 0 Å². The summed E-state index contributed by atoms with van der Waals surface area (Å²) in [5, 5.41) is 7.25. The summed E-state index contributed by atoms with van der Waals surface area (Å²) >= 11 is 0. The molecule has 4 rings (SSSR count). The predicted molar refractivity (Wildman–Crippen MR) is 93.0 cm³/mol. The first-order chi connectivity index (χ1) is 12.6. The Bertz CT molecular complexity index is 1110. The normalized spacial score (nSPS) is 11.2. The van der Waals surface area contributed by atoms with E-state index >= 15 is 0 Å². The second-order valence-electron chi connectivity index (χ2n) is 6.06. The number of aromatic amines is 1. The molecule has 2 aromatic heterocycles. The third-order valence-electron chi connectivity index (χ3n) is 4.24. The molecule has 0 saturated carbocycles. The molecule has 4 aromatic rings. The molecule has 0 bridgehead atoms. The van der Waals surface area contributed by atoms with Crippen LogP contribution in [0.2, 0.25) is 0 Å². The van der Waals surface area contributed by atoms with Crippen molar-refractivity contribution in [1.29, 1.82) is 0 Å². The average molecular weight is 352 g/mol. The number of H-pyrrole nitrogens is 1. The maximum Gasteiger partial charge on any atom is 0.264 e. The quantitative estimate of drug-likeness (QED) is 0.604. The molecule has 130 valence electrons. The number of halogens is 2. The molecule has 0 radical (unpaired) electrons. The van der Waals surface area contributed by atoms with Gasteiger partial charge in [-0.15, -0.1) is 0 Å². The van der Waals surface area contributed by atoms with Crippen molar-refractivity contribution in [3.05, 3.63) is 99.2 Å². The number of hydrogen-bond acceptors (Lipinski definition) is 3. The van der Waals surface area contributed by atoms with Gasteiger partial charge >= 0.3 is 0 Å². The second kappa shape index (κ2) is 6.55. The molecule has 0 saturated heterocycles. The Labute approximate surface area is 147 Å². The van der Waals surface area contributed by atoms with Crippen molar-refractivity contribution in [3.8, 4) is 0 Å². The van der Waals surface area contributed by atoms with E-state index in [-0.39, 0.29) is 17.5 Å². The molecule has 0 spiro atoms. The van der Waals surface area contributed by atoms with Gasteiger partial charge in [0.05, 0.1) is 12.0 Å². The lowest BCUT2D eigenvalue weighted by atomic mass is 9.98. The number of hydrogen-bond donors (Lipinski definition) is 1. The molecule has 26 heavy (non-hydrogen) atoms. The SMILES string of the molecule is O=c1ccc(Cc2cc(Cc3c(F)cccc3F)c3occc3c2)n[nH]1. The minimum absolute atomic E-state index is 0.00418. The zero-order valence-corrected chi connectivity index (χ0v) is 13.6. The van der Waals surface area contributed by atoms with Crippen LogP contribution in [0.3, 0.4) is 0 Å². The van der Waals surface area contributed by atoms with Crippen LogP contribution in [-0.2, 0) is 12.8 Å². The highest BCUT2D eigenvalue weighted by Gasteiger charge is 2.14. The number of furan rings is 1. The highest BCUT2D eigenvalue weighted by Crippen LogP contribution is 2.27. The maximum absolute atomic E-state index is 14.0. The van der Waals surface area contributed by atoms with Crippen molar-refractivity contribution >= 4 is 11.0 Å². The fraction of sp³-hybridized carbons (Fsp3) is 0.100. The Hall–Kier alpha value is -3.28. The smallest absolute Gasteiger partial charge is 0.264 e. The summed E-state index contributed by atoms with van der Waals surface area (Å²) in [6.07, 6.45) is 2.11. The van der Waals surface area contributed by atoms with Gasteiger partial charge in [0.25, 0.3) is 5.56 Å². The Morgan fingerprint density at radius 2 is 1.81 bits per heavy atom. The number of nitrogens with zero attached hydrogens (tertiary/aromatic N) is 1. The lowest BCUT2D eigenvalue weighted by Gasteiger charge is -2.09. The van der Waals surface area contributed by atoms with Crippen LogP contribution in [0.15, 0.2) is 64.0 Å². The largest absolute Gasteiger partial charge is 0.464 e. The van der Waals surface area contributed by atoms with Crippen LogP contribution in [0, 0.1) is 11.6 Å². The van der Waals surface area contributed by atoms with Crippen LogP contribution in [0.1, 0.15) is 22.4 Å². The number of rotatable bonds is 4. The van der Waals surface area contributed by atoms with E-state index in [2.05, 4.69) is 10.2 Å². The Morgan fingerprint density at radius 3 is 2.54 bits per heavy atom. The summed E-state index contributed by atoms with van der Waals surface area (Å²) < 4.78 is 33.6. The van der Waals surface area contributed by atoms with Gasteiger partial charge in [-0.3, -0.25) is 4.79 Å². The molecule has 0 aliphatic rings. The van der Waals surface area contributed by atoms with E-state index in [9.17, 15) is 13.6 Å².